The highest BCUT2D eigenvalue weighted by Gasteiger charge is 2.12. The summed E-state index contributed by atoms with van der Waals surface area (Å²) < 4.78 is 0. The summed E-state index contributed by atoms with van der Waals surface area (Å²) >= 11 is 0. The highest BCUT2D eigenvalue weighted by Crippen LogP contribution is 2.30. The zero-order valence-corrected chi connectivity index (χ0v) is 25.0. The van der Waals surface area contributed by atoms with Gasteiger partial charge in [0.15, 0.2) is 17.5 Å². The fourth-order valence-electron chi connectivity index (χ4n) is 5.68. The average molecular weight is 589 g/mol. The first-order valence-corrected chi connectivity index (χ1v) is 15.3. The summed E-state index contributed by atoms with van der Waals surface area (Å²) in [7, 11) is 0. The molecule has 0 spiro atoms. The molecule has 0 atom stereocenters. The minimum absolute atomic E-state index is 0.649. The van der Waals surface area contributed by atoms with Crippen molar-refractivity contribution >= 4 is 10.9 Å². The Labute approximate surface area is 267 Å². The van der Waals surface area contributed by atoms with Gasteiger partial charge in [0.25, 0.3) is 0 Å². The van der Waals surface area contributed by atoms with Gasteiger partial charge < -0.3 is 0 Å². The van der Waals surface area contributed by atoms with Crippen LogP contribution in [0.3, 0.4) is 0 Å². The van der Waals surface area contributed by atoms with Crippen LogP contribution in [0.5, 0.6) is 0 Å². The van der Waals surface area contributed by atoms with Gasteiger partial charge in [0.05, 0.1) is 11.2 Å². The monoisotopic (exact) mass is 588 g/mol. The molecule has 0 amide bonds. The van der Waals surface area contributed by atoms with E-state index in [9.17, 15) is 0 Å². The van der Waals surface area contributed by atoms with Crippen LogP contribution in [-0.4, -0.2) is 19.9 Å². The molecule has 4 nitrogen and oxygen atoms in total. The predicted octanol–water partition coefficient (Wildman–Crippen LogP) is 10.4. The van der Waals surface area contributed by atoms with Gasteiger partial charge >= 0.3 is 0 Å². The third kappa shape index (κ3) is 5.56. The van der Waals surface area contributed by atoms with Crippen LogP contribution in [-0.2, 0) is 0 Å². The first-order chi connectivity index (χ1) is 22.8. The van der Waals surface area contributed by atoms with Crippen molar-refractivity contribution in [1.29, 1.82) is 0 Å². The van der Waals surface area contributed by atoms with Gasteiger partial charge in [-0.15, -0.1) is 0 Å². The summed E-state index contributed by atoms with van der Waals surface area (Å²) in [4.78, 5) is 19.4. The summed E-state index contributed by atoms with van der Waals surface area (Å²) in [5.41, 5.74) is 10.6. The Hall–Kier alpha value is -6.26. The third-order valence-corrected chi connectivity index (χ3v) is 8.15. The second-order valence-corrected chi connectivity index (χ2v) is 11.2. The van der Waals surface area contributed by atoms with Crippen molar-refractivity contribution in [2.45, 2.75) is 0 Å². The SMILES string of the molecule is c1ccc(-c2ccc3cc(-c4ccc(-c5ccc(-c6nc(-c7ccccc7)nc(-c7ccccc7)n6)cc5)cc4)ccc3n2)cc1. The molecule has 0 aliphatic carbocycles. The maximum atomic E-state index is 4.89. The first kappa shape index (κ1) is 27.3. The summed E-state index contributed by atoms with van der Waals surface area (Å²) in [5, 5.41) is 1.13. The molecule has 4 heteroatoms. The van der Waals surface area contributed by atoms with Crippen LogP contribution < -0.4 is 0 Å². The van der Waals surface area contributed by atoms with Gasteiger partial charge in [-0.25, -0.2) is 19.9 Å². The van der Waals surface area contributed by atoms with Gasteiger partial charge in [0.2, 0.25) is 0 Å². The highest BCUT2D eigenvalue weighted by atomic mass is 15.0. The summed E-state index contributed by atoms with van der Waals surface area (Å²) in [6.45, 7) is 0. The second kappa shape index (κ2) is 12.0. The Morgan fingerprint density at radius 1 is 0.261 bits per heavy atom. The van der Waals surface area contributed by atoms with Crippen LogP contribution in [0, 0.1) is 0 Å². The van der Waals surface area contributed by atoms with E-state index in [-0.39, 0.29) is 0 Å². The maximum absolute atomic E-state index is 4.89. The Balaban J connectivity index is 1.06. The smallest absolute Gasteiger partial charge is 0.164 e. The minimum Gasteiger partial charge on any atom is -0.248 e. The largest absolute Gasteiger partial charge is 0.248 e. The number of hydrogen-bond donors (Lipinski definition) is 0. The van der Waals surface area contributed by atoms with Crippen LogP contribution >= 0.6 is 0 Å². The van der Waals surface area contributed by atoms with Gasteiger partial charge in [-0.05, 0) is 40.5 Å². The van der Waals surface area contributed by atoms with Crippen LogP contribution in [0.4, 0.5) is 0 Å². The lowest BCUT2D eigenvalue weighted by Crippen LogP contribution is -2.00. The number of fused-ring (bicyclic) bond motifs is 1. The molecule has 0 N–H and O–H groups in total. The number of nitrogens with zero attached hydrogens (tertiary/aromatic N) is 4. The summed E-state index contributed by atoms with van der Waals surface area (Å²) in [6, 6.07) is 58.2. The molecular formula is C42H28N4. The highest BCUT2D eigenvalue weighted by molar-refractivity contribution is 5.87. The minimum atomic E-state index is 0.649. The second-order valence-electron chi connectivity index (χ2n) is 11.2. The van der Waals surface area contributed by atoms with E-state index in [0.717, 1.165) is 50.0 Å². The molecule has 46 heavy (non-hydrogen) atoms. The molecular weight excluding hydrogens is 560 g/mol. The zero-order chi connectivity index (χ0) is 30.7. The Morgan fingerprint density at radius 3 is 1.15 bits per heavy atom. The van der Waals surface area contributed by atoms with E-state index in [0.29, 0.717) is 17.5 Å². The van der Waals surface area contributed by atoms with Gasteiger partial charge in [0.1, 0.15) is 0 Å². The molecule has 0 saturated heterocycles. The van der Waals surface area contributed by atoms with Crippen molar-refractivity contribution < 1.29 is 0 Å². The van der Waals surface area contributed by atoms with E-state index < -0.39 is 0 Å². The molecule has 2 heterocycles. The predicted molar refractivity (Wildman–Crippen MR) is 188 cm³/mol. The quantitative estimate of drug-likeness (QED) is 0.194. The maximum Gasteiger partial charge on any atom is 0.164 e. The van der Waals surface area contributed by atoms with Crippen LogP contribution in [0.1, 0.15) is 0 Å². The van der Waals surface area contributed by atoms with E-state index >= 15 is 0 Å². The van der Waals surface area contributed by atoms with Gasteiger partial charge in [-0.1, -0.05) is 152 Å². The third-order valence-electron chi connectivity index (χ3n) is 8.15. The standard InChI is InChI=1S/C42H28N4/c1-4-10-32(11-5-1)38-27-25-37-28-36(24-26-39(37)43-38)31-18-16-29(17-19-31)30-20-22-35(23-21-30)42-45-40(33-12-6-2-7-13-33)44-41(46-42)34-14-8-3-9-15-34/h1-28H. The molecule has 0 aliphatic heterocycles. The lowest BCUT2D eigenvalue weighted by molar-refractivity contribution is 1.07. The van der Waals surface area contributed by atoms with Crippen molar-refractivity contribution in [3.8, 4) is 67.7 Å². The van der Waals surface area contributed by atoms with Crippen LogP contribution in [0.25, 0.3) is 78.6 Å². The van der Waals surface area contributed by atoms with Crippen molar-refractivity contribution in [1.82, 2.24) is 19.9 Å². The van der Waals surface area contributed by atoms with Gasteiger partial charge in [-0.2, -0.15) is 0 Å². The lowest BCUT2D eigenvalue weighted by atomic mass is 9.98. The normalized spacial score (nSPS) is 11.0. The fraction of sp³-hybridized carbons (Fsp3) is 0. The molecule has 8 rings (SSSR count). The molecule has 8 aromatic rings. The Morgan fingerprint density at radius 2 is 0.652 bits per heavy atom. The van der Waals surface area contributed by atoms with E-state index in [1.54, 1.807) is 0 Å². The number of benzene rings is 6. The molecule has 0 fully saturated rings. The number of pyridine rings is 1. The Bertz CT molecular complexity index is 2210. The molecule has 6 aromatic carbocycles. The lowest BCUT2D eigenvalue weighted by Gasteiger charge is -2.10. The average Bonchev–Trinajstić information content (AvgIpc) is 3.15. The van der Waals surface area contributed by atoms with Crippen molar-refractivity contribution in [2.75, 3.05) is 0 Å². The zero-order valence-electron chi connectivity index (χ0n) is 25.0. The fourth-order valence-corrected chi connectivity index (χ4v) is 5.68. The summed E-state index contributed by atoms with van der Waals surface area (Å²) in [6.07, 6.45) is 0. The van der Waals surface area contributed by atoms with Crippen molar-refractivity contribution in [3.63, 3.8) is 0 Å². The number of rotatable bonds is 6. The molecule has 0 bridgehead atoms. The summed E-state index contributed by atoms with van der Waals surface area (Å²) in [5.74, 6) is 1.96. The Kier molecular flexibility index (Phi) is 7.14. The van der Waals surface area contributed by atoms with E-state index in [4.69, 9.17) is 19.9 Å². The van der Waals surface area contributed by atoms with E-state index in [1.807, 2.05) is 78.9 Å². The number of aromatic nitrogens is 4. The van der Waals surface area contributed by atoms with Gasteiger partial charge in [-0.3, -0.25) is 0 Å². The van der Waals surface area contributed by atoms with Crippen LogP contribution in [0.2, 0.25) is 0 Å². The molecule has 2 aromatic heterocycles. The van der Waals surface area contributed by atoms with Crippen LogP contribution in [0.15, 0.2) is 170 Å². The van der Waals surface area contributed by atoms with E-state index in [2.05, 4.69) is 91.0 Å². The van der Waals surface area contributed by atoms with E-state index in [1.165, 1.54) is 11.1 Å². The molecule has 0 radical (unpaired) electrons. The van der Waals surface area contributed by atoms with Crippen molar-refractivity contribution in [3.05, 3.63) is 170 Å². The van der Waals surface area contributed by atoms with Gasteiger partial charge in [0, 0.05) is 27.6 Å². The molecule has 216 valence electrons. The molecule has 0 aliphatic rings. The topological polar surface area (TPSA) is 51.6 Å². The van der Waals surface area contributed by atoms with Crippen molar-refractivity contribution in [2.24, 2.45) is 0 Å². The molecule has 0 unspecified atom stereocenters. The number of hydrogen-bond acceptors (Lipinski definition) is 4. The first-order valence-electron chi connectivity index (χ1n) is 15.3. The molecule has 0 saturated carbocycles.